The molecule has 1 heterocycles. The van der Waals surface area contributed by atoms with Gasteiger partial charge >= 0.3 is 0 Å². The molecule has 0 saturated carbocycles. The van der Waals surface area contributed by atoms with Crippen LogP contribution in [0.2, 0.25) is 0 Å². The Morgan fingerprint density at radius 1 is 1.28 bits per heavy atom. The van der Waals surface area contributed by atoms with Gasteiger partial charge in [0.05, 0.1) is 11.4 Å². The molecule has 0 aliphatic heterocycles. The minimum Gasteiger partial charge on any atom is -0.330 e. The average molecular weight is 251 g/mol. The maximum atomic E-state index is 13.3. The van der Waals surface area contributed by atoms with Gasteiger partial charge in [0.15, 0.2) is 11.6 Å². The summed E-state index contributed by atoms with van der Waals surface area (Å²) < 4.78 is 27.9. The van der Waals surface area contributed by atoms with Crippen LogP contribution in [0.25, 0.3) is 11.3 Å². The highest BCUT2D eigenvalue weighted by molar-refractivity contribution is 5.64. The predicted molar refractivity (Wildman–Crippen MR) is 66.1 cm³/mol. The van der Waals surface area contributed by atoms with E-state index in [1.54, 1.807) is 17.8 Å². The van der Waals surface area contributed by atoms with Crippen LogP contribution in [0.15, 0.2) is 18.2 Å². The Hall–Kier alpha value is -1.75. The summed E-state index contributed by atoms with van der Waals surface area (Å²) in [6.45, 7) is 2.42. The summed E-state index contributed by atoms with van der Waals surface area (Å²) in [4.78, 5) is 0. The summed E-state index contributed by atoms with van der Waals surface area (Å²) in [5, 5.41) is 4.35. The number of hydrogen-bond acceptors (Lipinski definition) is 2. The predicted octanol–water partition coefficient (Wildman–Crippen LogP) is 2.17. The van der Waals surface area contributed by atoms with Gasteiger partial charge in [0.1, 0.15) is 0 Å². The molecule has 96 valence electrons. The number of rotatable bonds is 3. The van der Waals surface area contributed by atoms with Crippen LogP contribution in [0.5, 0.6) is 0 Å². The SMILES string of the molecule is Cc1c(CCN)nn(C)c1-c1ccc(F)c(F)c1. The van der Waals surface area contributed by atoms with Crippen molar-refractivity contribution in [2.45, 2.75) is 13.3 Å². The first kappa shape index (κ1) is 12.7. The highest BCUT2D eigenvalue weighted by atomic mass is 19.2. The number of aryl methyl sites for hydroxylation is 1. The Labute approximate surface area is 104 Å². The van der Waals surface area contributed by atoms with Gasteiger partial charge in [-0.25, -0.2) is 8.78 Å². The second kappa shape index (κ2) is 4.86. The van der Waals surface area contributed by atoms with Gasteiger partial charge in [-0.15, -0.1) is 0 Å². The van der Waals surface area contributed by atoms with Crippen molar-refractivity contribution in [3.05, 3.63) is 41.1 Å². The van der Waals surface area contributed by atoms with E-state index < -0.39 is 11.6 Å². The maximum absolute atomic E-state index is 13.3. The fourth-order valence-electron chi connectivity index (χ4n) is 2.11. The second-order valence-electron chi connectivity index (χ2n) is 4.21. The summed E-state index contributed by atoms with van der Waals surface area (Å²) in [5.41, 5.74) is 8.76. The molecular weight excluding hydrogens is 236 g/mol. The van der Waals surface area contributed by atoms with Crippen molar-refractivity contribution in [2.24, 2.45) is 12.8 Å². The Balaban J connectivity index is 2.53. The van der Waals surface area contributed by atoms with Gasteiger partial charge in [0.2, 0.25) is 0 Å². The standard InChI is InChI=1S/C13H15F2N3/c1-8-12(5-6-16)17-18(2)13(8)9-3-4-10(14)11(15)7-9/h3-4,7H,5-6,16H2,1-2H3. The minimum absolute atomic E-state index is 0.509. The zero-order valence-corrected chi connectivity index (χ0v) is 10.4. The average Bonchev–Trinajstić information content (AvgIpc) is 2.59. The Kier molecular flexibility index (Phi) is 3.43. The van der Waals surface area contributed by atoms with Gasteiger partial charge in [0, 0.05) is 19.0 Å². The third-order valence-electron chi connectivity index (χ3n) is 2.96. The highest BCUT2D eigenvalue weighted by Crippen LogP contribution is 2.26. The third kappa shape index (κ3) is 2.13. The van der Waals surface area contributed by atoms with Crippen molar-refractivity contribution in [3.8, 4) is 11.3 Å². The first-order valence-electron chi connectivity index (χ1n) is 5.72. The first-order chi connectivity index (χ1) is 8.54. The molecule has 0 saturated heterocycles. The summed E-state index contributed by atoms with van der Waals surface area (Å²) in [6.07, 6.45) is 0.670. The molecule has 5 heteroatoms. The van der Waals surface area contributed by atoms with Gasteiger partial charge in [-0.3, -0.25) is 4.68 Å². The number of nitrogens with zero attached hydrogens (tertiary/aromatic N) is 2. The molecule has 0 radical (unpaired) electrons. The first-order valence-corrected chi connectivity index (χ1v) is 5.72. The molecular formula is C13H15F2N3. The van der Waals surface area contributed by atoms with E-state index in [4.69, 9.17) is 5.73 Å². The van der Waals surface area contributed by atoms with Gasteiger partial charge < -0.3 is 5.73 Å². The Morgan fingerprint density at radius 2 is 2.00 bits per heavy atom. The van der Waals surface area contributed by atoms with E-state index in [0.717, 1.165) is 23.0 Å². The number of benzene rings is 1. The highest BCUT2D eigenvalue weighted by Gasteiger charge is 2.14. The van der Waals surface area contributed by atoms with Crippen LogP contribution < -0.4 is 5.73 Å². The fourth-order valence-corrected chi connectivity index (χ4v) is 2.11. The molecule has 0 aliphatic carbocycles. The molecule has 0 bridgehead atoms. The van der Waals surface area contributed by atoms with Crippen molar-refractivity contribution in [1.82, 2.24) is 9.78 Å². The van der Waals surface area contributed by atoms with Crippen LogP contribution >= 0.6 is 0 Å². The van der Waals surface area contributed by atoms with Crippen LogP contribution in [0.3, 0.4) is 0 Å². The Morgan fingerprint density at radius 3 is 2.61 bits per heavy atom. The third-order valence-corrected chi connectivity index (χ3v) is 2.96. The normalized spacial score (nSPS) is 10.9. The number of aromatic nitrogens is 2. The molecule has 2 aromatic rings. The van der Waals surface area contributed by atoms with Crippen LogP contribution in [-0.2, 0) is 13.5 Å². The maximum Gasteiger partial charge on any atom is 0.159 e. The van der Waals surface area contributed by atoms with E-state index in [-0.39, 0.29) is 0 Å². The van der Waals surface area contributed by atoms with Crippen LogP contribution in [0.1, 0.15) is 11.3 Å². The van der Waals surface area contributed by atoms with E-state index in [2.05, 4.69) is 5.10 Å². The van der Waals surface area contributed by atoms with Crippen LogP contribution in [0.4, 0.5) is 8.78 Å². The van der Waals surface area contributed by atoms with Crippen LogP contribution in [0, 0.1) is 18.6 Å². The van der Waals surface area contributed by atoms with Crippen molar-refractivity contribution in [1.29, 1.82) is 0 Å². The molecule has 0 fully saturated rings. The van der Waals surface area contributed by atoms with Gasteiger partial charge in [-0.2, -0.15) is 5.10 Å². The summed E-state index contributed by atoms with van der Waals surface area (Å²) in [7, 11) is 1.78. The Bertz CT molecular complexity index is 576. The van der Waals surface area contributed by atoms with Crippen molar-refractivity contribution >= 4 is 0 Å². The number of hydrogen-bond donors (Lipinski definition) is 1. The topological polar surface area (TPSA) is 43.8 Å². The zero-order chi connectivity index (χ0) is 13.3. The molecule has 1 aromatic heterocycles. The smallest absolute Gasteiger partial charge is 0.159 e. The summed E-state index contributed by atoms with van der Waals surface area (Å²) in [6, 6.07) is 3.86. The lowest BCUT2D eigenvalue weighted by molar-refractivity contribution is 0.509. The lowest BCUT2D eigenvalue weighted by Crippen LogP contribution is -2.04. The van der Waals surface area contributed by atoms with E-state index >= 15 is 0 Å². The molecule has 0 spiro atoms. The van der Waals surface area contributed by atoms with E-state index in [0.29, 0.717) is 18.5 Å². The van der Waals surface area contributed by atoms with Gasteiger partial charge in [-0.1, -0.05) is 0 Å². The number of nitrogens with two attached hydrogens (primary N) is 1. The molecule has 0 atom stereocenters. The number of halogens is 2. The molecule has 2 N–H and O–H groups in total. The van der Waals surface area contributed by atoms with Gasteiger partial charge in [0.25, 0.3) is 0 Å². The molecule has 0 amide bonds. The van der Waals surface area contributed by atoms with E-state index in [9.17, 15) is 8.78 Å². The fraction of sp³-hybridized carbons (Fsp3) is 0.308. The molecule has 1 aromatic carbocycles. The monoisotopic (exact) mass is 251 g/mol. The quantitative estimate of drug-likeness (QED) is 0.908. The zero-order valence-electron chi connectivity index (χ0n) is 10.4. The molecule has 0 aliphatic rings. The van der Waals surface area contributed by atoms with Crippen molar-refractivity contribution < 1.29 is 8.78 Å². The summed E-state index contributed by atoms with van der Waals surface area (Å²) in [5.74, 6) is -1.70. The van der Waals surface area contributed by atoms with Crippen molar-refractivity contribution in [3.63, 3.8) is 0 Å². The van der Waals surface area contributed by atoms with E-state index in [1.165, 1.54) is 6.07 Å². The van der Waals surface area contributed by atoms with E-state index in [1.807, 2.05) is 6.92 Å². The summed E-state index contributed by atoms with van der Waals surface area (Å²) >= 11 is 0. The minimum atomic E-state index is -0.853. The van der Waals surface area contributed by atoms with Crippen LogP contribution in [-0.4, -0.2) is 16.3 Å². The molecule has 3 nitrogen and oxygen atoms in total. The second-order valence-corrected chi connectivity index (χ2v) is 4.21. The van der Waals surface area contributed by atoms with Crippen molar-refractivity contribution in [2.75, 3.05) is 6.54 Å². The largest absolute Gasteiger partial charge is 0.330 e. The molecule has 0 unspecified atom stereocenters. The van der Waals surface area contributed by atoms with Gasteiger partial charge in [-0.05, 0) is 37.2 Å². The molecule has 18 heavy (non-hydrogen) atoms. The molecule has 2 rings (SSSR count). The lowest BCUT2D eigenvalue weighted by Gasteiger charge is -2.04. The lowest BCUT2D eigenvalue weighted by atomic mass is 10.1.